The van der Waals surface area contributed by atoms with Gasteiger partial charge in [0.25, 0.3) is 5.91 Å². The summed E-state index contributed by atoms with van der Waals surface area (Å²) in [4.78, 5) is 15.9. The van der Waals surface area contributed by atoms with Crippen LogP contribution in [-0.4, -0.2) is 16.9 Å². The first-order chi connectivity index (χ1) is 8.08. The van der Waals surface area contributed by atoms with Gasteiger partial charge in [-0.15, -0.1) is 0 Å². The Labute approximate surface area is 111 Å². The normalized spacial score (nSPS) is 23.7. The molecule has 92 valence electrons. The fourth-order valence-corrected chi connectivity index (χ4v) is 2.54. The zero-order chi connectivity index (χ0) is 12.4. The molecule has 0 radical (unpaired) electrons. The number of rotatable bonds is 2. The highest BCUT2D eigenvalue weighted by atomic mass is 35.5. The molecular formula is C12H14Cl2N2O. The molecule has 2 unspecified atom stereocenters. The largest absolute Gasteiger partial charge is 0.349 e. The Balaban J connectivity index is 2.11. The van der Waals surface area contributed by atoms with Crippen LogP contribution in [0, 0.1) is 5.92 Å². The molecule has 2 rings (SSSR count). The maximum absolute atomic E-state index is 12.0. The molecular weight excluding hydrogens is 259 g/mol. The van der Waals surface area contributed by atoms with Crippen LogP contribution >= 0.6 is 23.2 Å². The van der Waals surface area contributed by atoms with Crippen molar-refractivity contribution in [3.05, 3.63) is 28.0 Å². The van der Waals surface area contributed by atoms with E-state index >= 15 is 0 Å². The molecule has 0 spiro atoms. The Kier molecular flexibility index (Phi) is 3.89. The summed E-state index contributed by atoms with van der Waals surface area (Å²) in [5.41, 5.74) is 0.394. The van der Waals surface area contributed by atoms with Crippen LogP contribution < -0.4 is 5.32 Å². The number of hydrogen-bond donors (Lipinski definition) is 1. The summed E-state index contributed by atoms with van der Waals surface area (Å²) in [7, 11) is 0. The molecule has 3 nitrogen and oxygen atoms in total. The zero-order valence-electron chi connectivity index (χ0n) is 9.54. The van der Waals surface area contributed by atoms with Crippen molar-refractivity contribution >= 4 is 29.1 Å². The molecule has 1 aliphatic carbocycles. The van der Waals surface area contributed by atoms with Crippen LogP contribution in [0.2, 0.25) is 10.2 Å². The number of halogens is 2. The van der Waals surface area contributed by atoms with Gasteiger partial charge in [0.2, 0.25) is 0 Å². The van der Waals surface area contributed by atoms with E-state index in [0.29, 0.717) is 16.5 Å². The number of carbonyl (C=O) groups is 1. The molecule has 1 heterocycles. The van der Waals surface area contributed by atoms with E-state index in [2.05, 4.69) is 17.2 Å². The van der Waals surface area contributed by atoms with Gasteiger partial charge in [0.1, 0.15) is 5.15 Å². The zero-order valence-corrected chi connectivity index (χ0v) is 11.1. The van der Waals surface area contributed by atoms with E-state index in [-0.39, 0.29) is 17.1 Å². The lowest BCUT2D eigenvalue weighted by atomic mass is 10.1. The van der Waals surface area contributed by atoms with Gasteiger partial charge in [-0.3, -0.25) is 4.79 Å². The lowest BCUT2D eigenvalue weighted by molar-refractivity contribution is 0.0929. The molecule has 5 heteroatoms. The first-order valence-corrected chi connectivity index (χ1v) is 6.45. The second-order valence-corrected chi connectivity index (χ2v) is 5.27. The summed E-state index contributed by atoms with van der Waals surface area (Å²) < 4.78 is 0. The number of aromatic nitrogens is 1. The van der Waals surface area contributed by atoms with Crippen LogP contribution in [0.4, 0.5) is 0 Å². The fraction of sp³-hybridized carbons (Fsp3) is 0.500. The molecule has 1 aromatic heterocycles. The van der Waals surface area contributed by atoms with Crippen LogP contribution in [0.3, 0.4) is 0 Å². The van der Waals surface area contributed by atoms with Crippen LogP contribution in [0.5, 0.6) is 0 Å². The van der Waals surface area contributed by atoms with Gasteiger partial charge in [-0.1, -0.05) is 36.5 Å². The van der Waals surface area contributed by atoms with Gasteiger partial charge in [-0.2, -0.15) is 0 Å². The molecule has 0 aromatic carbocycles. The second-order valence-electron chi connectivity index (χ2n) is 4.48. The Bertz CT molecular complexity index is 437. The molecule has 1 amide bonds. The van der Waals surface area contributed by atoms with Gasteiger partial charge in [0.15, 0.2) is 0 Å². The van der Waals surface area contributed by atoms with Crippen molar-refractivity contribution in [3.63, 3.8) is 0 Å². The third-order valence-corrected chi connectivity index (χ3v) is 3.75. The number of hydrogen-bond acceptors (Lipinski definition) is 2. The fourth-order valence-electron chi connectivity index (χ4n) is 2.19. The summed E-state index contributed by atoms with van der Waals surface area (Å²) in [6, 6.07) is 1.74. The standard InChI is InChI=1S/C12H14Cl2N2O/c1-7-3-2-4-10(7)16-12(17)8-5-11(14)15-6-9(8)13/h5-7,10H,2-4H2,1H3,(H,16,17). The van der Waals surface area contributed by atoms with Gasteiger partial charge in [0, 0.05) is 12.2 Å². The van der Waals surface area contributed by atoms with Crippen molar-refractivity contribution in [2.75, 3.05) is 0 Å². The number of amides is 1. The SMILES string of the molecule is CC1CCCC1NC(=O)c1cc(Cl)ncc1Cl. The number of nitrogens with zero attached hydrogens (tertiary/aromatic N) is 1. The predicted molar refractivity (Wildman–Crippen MR) is 68.5 cm³/mol. The topological polar surface area (TPSA) is 42.0 Å². The summed E-state index contributed by atoms with van der Waals surface area (Å²) in [6.45, 7) is 2.15. The third-order valence-electron chi connectivity index (χ3n) is 3.24. The summed E-state index contributed by atoms with van der Waals surface area (Å²) in [5.74, 6) is 0.355. The van der Waals surface area contributed by atoms with Gasteiger partial charge in [-0.25, -0.2) is 4.98 Å². The van der Waals surface area contributed by atoms with Gasteiger partial charge in [-0.05, 0) is 24.8 Å². The minimum atomic E-state index is -0.168. The van der Waals surface area contributed by atoms with Gasteiger partial charge in [0.05, 0.1) is 10.6 Å². The monoisotopic (exact) mass is 272 g/mol. The molecule has 1 saturated carbocycles. The summed E-state index contributed by atoms with van der Waals surface area (Å²) >= 11 is 11.7. The molecule has 0 saturated heterocycles. The van der Waals surface area contributed by atoms with Crippen molar-refractivity contribution in [3.8, 4) is 0 Å². The Morgan fingerprint density at radius 3 is 2.88 bits per heavy atom. The van der Waals surface area contributed by atoms with E-state index < -0.39 is 0 Å². The first-order valence-electron chi connectivity index (χ1n) is 5.70. The van der Waals surface area contributed by atoms with Crippen LogP contribution in [0.15, 0.2) is 12.3 Å². The highest BCUT2D eigenvalue weighted by molar-refractivity contribution is 6.35. The maximum Gasteiger partial charge on any atom is 0.253 e. The van der Waals surface area contributed by atoms with E-state index in [9.17, 15) is 4.79 Å². The van der Waals surface area contributed by atoms with E-state index in [1.165, 1.54) is 12.3 Å². The summed E-state index contributed by atoms with van der Waals surface area (Å²) in [6.07, 6.45) is 4.76. The average molecular weight is 273 g/mol. The van der Waals surface area contributed by atoms with Crippen LogP contribution in [0.1, 0.15) is 36.5 Å². The van der Waals surface area contributed by atoms with Crippen LogP contribution in [-0.2, 0) is 0 Å². The Hall–Kier alpha value is -0.800. The molecule has 1 N–H and O–H groups in total. The molecule has 2 atom stereocenters. The van der Waals surface area contributed by atoms with E-state index in [0.717, 1.165) is 19.3 Å². The van der Waals surface area contributed by atoms with E-state index in [4.69, 9.17) is 23.2 Å². The molecule has 1 aromatic rings. The number of pyridine rings is 1. The lowest BCUT2D eigenvalue weighted by Crippen LogP contribution is -2.36. The molecule has 0 aliphatic heterocycles. The highest BCUT2D eigenvalue weighted by Gasteiger charge is 2.25. The molecule has 17 heavy (non-hydrogen) atoms. The predicted octanol–water partition coefficient (Wildman–Crippen LogP) is 3.31. The molecule has 1 aliphatic rings. The van der Waals surface area contributed by atoms with Crippen molar-refractivity contribution in [1.29, 1.82) is 0 Å². The van der Waals surface area contributed by atoms with Crippen LogP contribution in [0.25, 0.3) is 0 Å². The minimum Gasteiger partial charge on any atom is -0.349 e. The van der Waals surface area contributed by atoms with Crippen molar-refractivity contribution in [2.45, 2.75) is 32.2 Å². The van der Waals surface area contributed by atoms with Crippen molar-refractivity contribution in [2.24, 2.45) is 5.92 Å². The number of carbonyl (C=O) groups excluding carboxylic acids is 1. The number of nitrogens with one attached hydrogen (secondary N) is 1. The summed E-state index contributed by atoms with van der Waals surface area (Å²) in [5, 5.41) is 3.61. The smallest absolute Gasteiger partial charge is 0.253 e. The first kappa shape index (κ1) is 12.7. The van der Waals surface area contributed by atoms with Gasteiger partial charge < -0.3 is 5.32 Å². The van der Waals surface area contributed by atoms with E-state index in [1.54, 1.807) is 0 Å². The highest BCUT2D eigenvalue weighted by Crippen LogP contribution is 2.26. The van der Waals surface area contributed by atoms with Crippen molar-refractivity contribution in [1.82, 2.24) is 10.3 Å². The lowest BCUT2D eigenvalue weighted by Gasteiger charge is -2.17. The second kappa shape index (κ2) is 5.23. The third kappa shape index (κ3) is 2.90. The van der Waals surface area contributed by atoms with Crippen molar-refractivity contribution < 1.29 is 4.79 Å². The Morgan fingerprint density at radius 2 is 2.24 bits per heavy atom. The average Bonchev–Trinajstić information content (AvgIpc) is 2.68. The van der Waals surface area contributed by atoms with Gasteiger partial charge >= 0.3 is 0 Å². The molecule has 0 bridgehead atoms. The molecule has 1 fully saturated rings. The minimum absolute atomic E-state index is 0.168. The maximum atomic E-state index is 12.0. The quantitative estimate of drug-likeness (QED) is 0.840. The Morgan fingerprint density at radius 1 is 1.47 bits per heavy atom. The van der Waals surface area contributed by atoms with E-state index in [1.807, 2.05) is 0 Å².